The number of amides is 1. The summed E-state index contributed by atoms with van der Waals surface area (Å²) in [7, 11) is 0. The minimum Gasteiger partial charge on any atom is -0.507 e. The molecule has 1 fully saturated rings. The topological polar surface area (TPSA) is 92.6 Å². The van der Waals surface area contributed by atoms with E-state index in [-0.39, 0.29) is 11.3 Å². The number of hydrogen-bond donors (Lipinski definition) is 1. The fraction of sp³-hybridized carbons (Fsp3) is 0.217. The van der Waals surface area contributed by atoms with Crippen LogP contribution in [0.2, 0.25) is 0 Å². The zero-order valence-electron chi connectivity index (χ0n) is 16.9. The Morgan fingerprint density at radius 1 is 1.13 bits per heavy atom. The van der Waals surface area contributed by atoms with Crippen molar-refractivity contribution in [2.24, 2.45) is 0 Å². The Balaban J connectivity index is 1.79. The number of benzene rings is 1. The first kappa shape index (κ1) is 20.7. The molecule has 31 heavy (non-hydrogen) atoms. The highest BCUT2D eigenvalue weighted by molar-refractivity contribution is 7.14. The number of thiazole rings is 1. The van der Waals surface area contributed by atoms with Crippen molar-refractivity contribution in [1.29, 1.82) is 0 Å². The molecule has 1 aromatic carbocycles. The van der Waals surface area contributed by atoms with E-state index in [1.165, 1.54) is 28.6 Å². The molecule has 7 nitrogen and oxygen atoms in total. The number of aromatic nitrogens is 2. The van der Waals surface area contributed by atoms with Crippen LogP contribution in [-0.4, -0.2) is 33.4 Å². The smallest absolute Gasteiger partial charge is 0.301 e. The van der Waals surface area contributed by atoms with E-state index >= 15 is 0 Å². The highest BCUT2D eigenvalue weighted by Gasteiger charge is 2.47. The summed E-state index contributed by atoms with van der Waals surface area (Å²) in [6, 6.07) is 9.60. The summed E-state index contributed by atoms with van der Waals surface area (Å²) in [4.78, 5) is 35.4. The number of nitrogens with zero attached hydrogens (tertiary/aromatic N) is 3. The Morgan fingerprint density at radius 2 is 1.87 bits per heavy atom. The van der Waals surface area contributed by atoms with Crippen molar-refractivity contribution in [3.63, 3.8) is 0 Å². The summed E-state index contributed by atoms with van der Waals surface area (Å²) in [5.41, 5.74) is 1.11. The number of unbranched alkanes of at least 4 members (excludes halogenated alkanes) is 1. The summed E-state index contributed by atoms with van der Waals surface area (Å²) in [5, 5.41) is 13.1. The van der Waals surface area contributed by atoms with Gasteiger partial charge in [0.15, 0.2) is 5.13 Å². The predicted molar refractivity (Wildman–Crippen MR) is 118 cm³/mol. The third kappa shape index (κ3) is 4.06. The summed E-state index contributed by atoms with van der Waals surface area (Å²) < 4.78 is 5.72. The summed E-state index contributed by atoms with van der Waals surface area (Å²) in [6.07, 6.45) is 6.60. The number of carbonyl (C=O) groups is 2. The van der Waals surface area contributed by atoms with Gasteiger partial charge in [-0.3, -0.25) is 19.5 Å². The van der Waals surface area contributed by atoms with E-state index in [1.807, 2.05) is 0 Å². The third-order valence-corrected chi connectivity index (χ3v) is 5.76. The Labute approximate surface area is 183 Å². The Morgan fingerprint density at radius 3 is 2.52 bits per heavy atom. The second-order valence-corrected chi connectivity index (χ2v) is 7.86. The van der Waals surface area contributed by atoms with Gasteiger partial charge in [-0.15, -0.1) is 11.3 Å². The zero-order valence-corrected chi connectivity index (χ0v) is 17.7. The highest BCUT2D eigenvalue weighted by Crippen LogP contribution is 2.42. The number of anilines is 1. The van der Waals surface area contributed by atoms with Crippen molar-refractivity contribution in [2.45, 2.75) is 25.8 Å². The van der Waals surface area contributed by atoms with Crippen LogP contribution in [-0.2, 0) is 9.59 Å². The zero-order chi connectivity index (χ0) is 21.8. The van der Waals surface area contributed by atoms with Gasteiger partial charge in [0, 0.05) is 29.5 Å². The second-order valence-electron chi connectivity index (χ2n) is 6.99. The first-order valence-corrected chi connectivity index (χ1v) is 10.8. The van der Waals surface area contributed by atoms with Crippen LogP contribution in [0.1, 0.15) is 36.9 Å². The monoisotopic (exact) mass is 435 g/mol. The molecule has 8 heteroatoms. The van der Waals surface area contributed by atoms with Crippen molar-refractivity contribution < 1.29 is 19.4 Å². The van der Waals surface area contributed by atoms with Crippen LogP contribution >= 0.6 is 11.3 Å². The van der Waals surface area contributed by atoms with E-state index in [0.29, 0.717) is 28.6 Å². The van der Waals surface area contributed by atoms with E-state index in [2.05, 4.69) is 16.9 Å². The van der Waals surface area contributed by atoms with Crippen molar-refractivity contribution in [2.75, 3.05) is 11.5 Å². The lowest BCUT2D eigenvalue weighted by Crippen LogP contribution is -2.29. The van der Waals surface area contributed by atoms with Gasteiger partial charge in [-0.05, 0) is 36.2 Å². The largest absolute Gasteiger partial charge is 0.507 e. The van der Waals surface area contributed by atoms with E-state index in [4.69, 9.17) is 4.74 Å². The van der Waals surface area contributed by atoms with Crippen molar-refractivity contribution in [1.82, 2.24) is 9.97 Å². The first-order valence-electron chi connectivity index (χ1n) is 9.95. The summed E-state index contributed by atoms with van der Waals surface area (Å²) >= 11 is 1.25. The van der Waals surface area contributed by atoms with Crippen molar-refractivity contribution >= 4 is 33.9 Å². The van der Waals surface area contributed by atoms with Crippen LogP contribution in [0.3, 0.4) is 0 Å². The molecule has 0 aliphatic carbocycles. The van der Waals surface area contributed by atoms with Gasteiger partial charge in [0.2, 0.25) is 0 Å². The molecule has 0 bridgehead atoms. The molecule has 0 saturated carbocycles. The molecule has 158 valence electrons. The highest BCUT2D eigenvalue weighted by atomic mass is 32.1. The lowest BCUT2D eigenvalue weighted by atomic mass is 9.95. The van der Waals surface area contributed by atoms with Crippen LogP contribution in [0.25, 0.3) is 5.76 Å². The molecule has 4 rings (SSSR count). The second kappa shape index (κ2) is 9.09. The first-order chi connectivity index (χ1) is 15.1. The molecule has 1 amide bonds. The van der Waals surface area contributed by atoms with Gasteiger partial charge in [-0.25, -0.2) is 4.98 Å². The van der Waals surface area contributed by atoms with Crippen molar-refractivity contribution in [3.05, 3.63) is 77.1 Å². The lowest BCUT2D eigenvalue weighted by Gasteiger charge is -2.23. The number of ketones is 1. The lowest BCUT2D eigenvalue weighted by molar-refractivity contribution is -0.132. The van der Waals surface area contributed by atoms with Gasteiger partial charge in [0.05, 0.1) is 18.2 Å². The molecule has 1 N–H and O–H groups in total. The third-order valence-electron chi connectivity index (χ3n) is 4.99. The minimum atomic E-state index is -0.802. The van der Waals surface area contributed by atoms with Gasteiger partial charge in [-0.1, -0.05) is 25.5 Å². The van der Waals surface area contributed by atoms with Gasteiger partial charge in [-0.2, -0.15) is 0 Å². The SMILES string of the molecule is CCCCOc1ccc(C2C(=C(O)c3ccncc3)C(=O)C(=O)N2c2nccs2)cc1. The number of rotatable bonds is 7. The number of ether oxygens (including phenoxy) is 1. The average Bonchev–Trinajstić information content (AvgIpc) is 3.41. The van der Waals surface area contributed by atoms with Gasteiger partial charge < -0.3 is 9.84 Å². The number of Topliss-reactive ketones (excluding diaryl/α,β-unsaturated/α-hetero) is 1. The maximum Gasteiger partial charge on any atom is 0.301 e. The fourth-order valence-electron chi connectivity index (χ4n) is 3.43. The fourth-order valence-corrected chi connectivity index (χ4v) is 4.09. The molecule has 1 unspecified atom stereocenters. The van der Waals surface area contributed by atoms with E-state index in [9.17, 15) is 14.7 Å². The minimum absolute atomic E-state index is 0.0195. The number of pyridine rings is 1. The molecule has 1 aliphatic heterocycles. The predicted octanol–water partition coefficient (Wildman–Crippen LogP) is 4.34. The van der Waals surface area contributed by atoms with Crippen molar-refractivity contribution in [3.8, 4) is 5.75 Å². The van der Waals surface area contributed by atoms with E-state index in [0.717, 1.165) is 12.8 Å². The average molecular weight is 436 g/mol. The van der Waals surface area contributed by atoms with Gasteiger partial charge in [0.1, 0.15) is 11.5 Å². The van der Waals surface area contributed by atoms with Crippen LogP contribution in [0.5, 0.6) is 5.75 Å². The van der Waals surface area contributed by atoms with Crippen LogP contribution in [0.15, 0.2) is 65.9 Å². The molecule has 1 saturated heterocycles. The van der Waals surface area contributed by atoms with E-state index in [1.54, 1.807) is 48.0 Å². The maximum absolute atomic E-state index is 13.0. The molecule has 1 aliphatic rings. The molecule has 0 spiro atoms. The molecule has 2 aromatic heterocycles. The quantitative estimate of drug-likeness (QED) is 0.257. The van der Waals surface area contributed by atoms with Gasteiger partial charge >= 0.3 is 5.91 Å². The standard InChI is InChI=1S/C23H21N3O4S/c1-2-3-13-30-17-6-4-15(5-7-17)19-18(20(27)16-8-10-24-11-9-16)21(28)22(29)26(19)23-25-12-14-31-23/h4-12,14,19,27H,2-3,13H2,1H3. The molecule has 1 atom stereocenters. The van der Waals surface area contributed by atoms with E-state index < -0.39 is 17.7 Å². The molecule has 3 heterocycles. The van der Waals surface area contributed by atoms with Crippen LogP contribution < -0.4 is 9.64 Å². The van der Waals surface area contributed by atoms with Gasteiger partial charge in [0.25, 0.3) is 5.78 Å². The molecular weight excluding hydrogens is 414 g/mol. The molecule has 0 radical (unpaired) electrons. The maximum atomic E-state index is 13.0. The molecular formula is C23H21N3O4S. The Hall–Kier alpha value is -3.52. The van der Waals surface area contributed by atoms with Crippen LogP contribution in [0, 0.1) is 0 Å². The molecule has 3 aromatic rings. The number of aliphatic hydroxyl groups is 1. The summed E-state index contributed by atoms with van der Waals surface area (Å²) in [5.74, 6) is -1.01. The Bertz CT molecular complexity index is 1100. The van der Waals surface area contributed by atoms with Crippen LogP contribution in [0.4, 0.5) is 5.13 Å². The summed E-state index contributed by atoms with van der Waals surface area (Å²) in [6.45, 7) is 2.71. The normalized spacial score (nSPS) is 17.8. The number of aliphatic hydroxyl groups excluding tert-OH is 1. The number of carbonyl (C=O) groups excluding carboxylic acids is 2. The number of hydrogen-bond acceptors (Lipinski definition) is 7. The Kier molecular flexibility index (Phi) is 6.08.